The first-order valence-electron chi connectivity index (χ1n) is 14.0. The summed E-state index contributed by atoms with van der Waals surface area (Å²) in [5.74, 6) is 6.23. The van der Waals surface area contributed by atoms with Gasteiger partial charge in [-0.1, -0.05) is 48.6 Å². The van der Waals surface area contributed by atoms with Crippen molar-refractivity contribution in [3.05, 3.63) is 94.3 Å². The van der Waals surface area contributed by atoms with Crippen LogP contribution < -0.4 is 0 Å². The van der Waals surface area contributed by atoms with Gasteiger partial charge in [0.2, 0.25) is 0 Å². The largest absolute Gasteiger partial charge is 0.207 e. The summed E-state index contributed by atoms with van der Waals surface area (Å²) >= 11 is 0. The Labute approximate surface area is 221 Å². The lowest BCUT2D eigenvalue weighted by Crippen LogP contribution is -2.30. The van der Waals surface area contributed by atoms with Gasteiger partial charge in [0.15, 0.2) is 0 Å². The zero-order chi connectivity index (χ0) is 26.2. The maximum absolute atomic E-state index is 15.0. The van der Waals surface area contributed by atoms with Crippen molar-refractivity contribution in [2.24, 2.45) is 17.8 Å². The second-order valence-corrected chi connectivity index (χ2v) is 10.9. The molecule has 0 aromatic heterocycles. The van der Waals surface area contributed by atoms with Gasteiger partial charge >= 0.3 is 0 Å². The molecular weight excluding hydrogens is 465 g/mol. The number of aryl methyl sites for hydroxylation is 1. The molecule has 2 aliphatic carbocycles. The van der Waals surface area contributed by atoms with E-state index in [2.05, 4.69) is 30.9 Å². The van der Waals surface area contributed by atoms with Gasteiger partial charge in [0, 0.05) is 5.56 Å². The summed E-state index contributed by atoms with van der Waals surface area (Å²) in [5, 5.41) is 0. The first kappa shape index (κ1) is 27.3. The second kappa shape index (κ2) is 13.2. The van der Waals surface area contributed by atoms with E-state index in [0.717, 1.165) is 43.1 Å². The molecule has 0 bridgehead atoms. The van der Waals surface area contributed by atoms with Gasteiger partial charge in [0.1, 0.15) is 17.5 Å². The van der Waals surface area contributed by atoms with Crippen molar-refractivity contribution in [3.8, 4) is 11.8 Å². The van der Waals surface area contributed by atoms with E-state index in [9.17, 15) is 13.2 Å². The Hall–Kier alpha value is -2.73. The van der Waals surface area contributed by atoms with Crippen LogP contribution in [0, 0.1) is 47.0 Å². The predicted molar refractivity (Wildman–Crippen MR) is 147 cm³/mol. The van der Waals surface area contributed by atoms with Gasteiger partial charge in [-0.05, 0) is 131 Å². The second-order valence-electron chi connectivity index (χ2n) is 10.9. The van der Waals surface area contributed by atoms with Crippen LogP contribution in [-0.4, -0.2) is 0 Å². The summed E-state index contributed by atoms with van der Waals surface area (Å²) in [6, 6.07) is 7.71. The highest BCUT2D eigenvalue weighted by molar-refractivity contribution is 5.46. The standard InChI is InChI=1S/C34H39F3/c1-3-5-7-9-24-12-15-28-21-29(17-16-27(28)19-24)30-22-33(36)31(34(37)23-30)18-13-25-11-14-26(32(35)20-25)10-8-6-4-2/h3-6,11,14,20,22-24,27-29H,7-10,12,15-17,19,21H2,1-2H3/b5-3+,6-4+. The first-order valence-corrected chi connectivity index (χ1v) is 14.0. The third-order valence-electron chi connectivity index (χ3n) is 8.44. The van der Waals surface area contributed by atoms with E-state index in [1.165, 1.54) is 50.3 Å². The molecule has 0 spiro atoms. The van der Waals surface area contributed by atoms with Crippen LogP contribution in [0.3, 0.4) is 0 Å². The molecule has 0 saturated heterocycles. The van der Waals surface area contributed by atoms with Crippen molar-refractivity contribution in [2.75, 3.05) is 0 Å². The fourth-order valence-electron chi connectivity index (χ4n) is 6.37. The number of allylic oxidation sites excluding steroid dienone is 4. The number of halogens is 3. The molecule has 4 atom stereocenters. The Morgan fingerprint density at radius 3 is 2.22 bits per heavy atom. The highest BCUT2D eigenvalue weighted by Gasteiger charge is 2.36. The minimum Gasteiger partial charge on any atom is -0.207 e. The molecule has 2 aromatic carbocycles. The average Bonchev–Trinajstić information content (AvgIpc) is 2.89. The van der Waals surface area contributed by atoms with Crippen molar-refractivity contribution >= 4 is 0 Å². The van der Waals surface area contributed by atoms with E-state index in [1.54, 1.807) is 12.1 Å². The van der Waals surface area contributed by atoms with E-state index in [-0.39, 0.29) is 17.3 Å². The molecular formula is C34H39F3. The molecule has 196 valence electrons. The van der Waals surface area contributed by atoms with E-state index >= 15 is 0 Å². The van der Waals surface area contributed by atoms with Gasteiger partial charge < -0.3 is 0 Å². The topological polar surface area (TPSA) is 0 Å². The zero-order valence-corrected chi connectivity index (χ0v) is 22.2. The number of fused-ring (bicyclic) bond motifs is 1. The molecule has 2 aromatic rings. The van der Waals surface area contributed by atoms with Crippen LogP contribution in [-0.2, 0) is 6.42 Å². The summed E-state index contributed by atoms with van der Waals surface area (Å²) in [4.78, 5) is 0. The minimum absolute atomic E-state index is 0.205. The number of rotatable bonds is 7. The number of benzene rings is 2. The lowest BCUT2D eigenvalue weighted by atomic mass is 9.63. The predicted octanol–water partition coefficient (Wildman–Crippen LogP) is 9.67. The molecule has 0 radical (unpaired) electrons. The third-order valence-corrected chi connectivity index (χ3v) is 8.44. The van der Waals surface area contributed by atoms with Crippen LogP contribution in [0.4, 0.5) is 13.2 Å². The summed E-state index contributed by atoms with van der Waals surface area (Å²) in [5.41, 5.74) is 1.54. The lowest BCUT2D eigenvalue weighted by molar-refractivity contribution is 0.115. The summed E-state index contributed by atoms with van der Waals surface area (Å²) in [6.07, 6.45) is 19.1. The summed E-state index contributed by atoms with van der Waals surface area (Å²) in [6.45, 7) is 4.01. The van der Waals surface area contributed by atoms with Crippen molar-refractivity contribution in [1.82, 2.24) is 0 Å². The van der Waals surface area contributed by atoms with E-state index in [4.69, 9.17) is 0 Å². The van der Waals surface area contributed by atoms with Crippen LogP contribution in [0.1, 0.15) is 99.8 Å². The van der Waals surface area contributed by atoms with Crippen LogP contribution in [0.2, 0.25) is 0 Å². The SMILES string of the molecule is C/C=C/CCc1ccc(C#Cc2c(F)cc(C3CCC4CC(CC/C=C/C)CCC4C3)cc2F)cc1F. The monoisotopic (exact) mass is 504 g/mol. The lowest BCUT2D eigenvalue weighted by Gasteiger charge is -2.42. The first-order chi connectivity index (χ1) is 18.0. The Kier molecular flexibility index (Phi) is 9.73. The van der Waals surface area contributed by atoms with Gasteiger partial charge in [0.05, 0.1) is 5.56 Å². The van der Waals surface area contributed by atoms with Gasteiger partial charge in [-0.15, -0.1) is 0 Å². The minimum atomic E-state index is -0.624. The molecule has 0 N–H and O–H groups in total. The number of hydrogen-bond donors (Lipinski definition) is 0. The molecule has 3 heteroatoms. The molecule has 0 amide bonds. The normalized spacial score (nSPS) is 23.7. The third kappa shape index (κ3) is 7.19. The molecule has 37 heavy (non-hydrogen) atoms. The van der Waals surface area contributed by atoms with Crippen LogP contribution >= 0.6 is 0 Å². The Balaban J connectivity index is 1.40. The van der Waals surface area contributed by atoms with Gasteiger partial charge in [-0.25, -0.2) is 13.2 Å². The van der Waals surface area contributed by atoms with Crippen molar-refractivity contribution < 1.29 is 13.2 Å². The van der Waals surface area contributed by atoms with Crippen molar-refractivity contribution in [2.45, 2.75) is 84.0 Å². The smallest absolute Gasteiger partial charge is 0.142 e. The average molecular weight is 505 g/mol. The van der Waals surface area contributed by atoms with Crippen molar-refractivity contribution in [1.29, 1.82) is 0 Å². The molecule has 2 aliphatic rings. The quantitative estimate of drug-likeness (QED) is 0.260. The Bertz CT molecular complexity index is 1160. The highest BCUT2D eigenvalue weighted by Crippen LogP contribution is 2.48. The van der Waals surface area contributed by atoms with E-state index in [0.29, 0.717) is 23.5 Å². The van der Waals surface area contributed by atoms with Gasteiger partial charge in [0.25, 0.3) is 0 Å². The molecule has 0 heterocycles. The summed E-state index contributed by atoms with van der Waals surface area (Å²) < 4.78 is 44.4. The van der Waals surface area contributed by atoms with Crippen LogP contribution in [0.25, 0.3) is 0 Å². The van der Waals surface area contributed by atoms with Crippen LogP contribution in [0.15, 0.2) is 54.6 Å². The van der Waals surface area contributed by atoms with Crippen molar-refractivity contribution in [3.63, 3.8) is 0 Å². The highest BCUT2D eigenvalue weighted by atomic mass is 19.1. The molecule has 2 fully saturated rings. The molecule has 4 rings (SSSR count). The number of hydrogen-bond acceptors (Lipinski definition) is 0. The Morgan fingerprint density at radius 1 is 0.784 bits per heavy atom. The molecule has 0 nitrogen and oxygen atoms in total. The molecule has 0 aliphatic heterocycles. The van der Waals surface area contributed by atoms with Gasteiger partial charge in [-0.2, -0.15) is 0 Å². The molecule has 4 unspecified atom stereocenters. The fourth-order valence-corrected chi connectivity index (χ4v) is 6.37. The van der Waals surface area contributed by atoms with E-state index in [1.807, 2.05) is 19.1 Å². The Morgan fingerprint density at radius 2 is 1.49 bits per heavy atom. The summed E-state index contributed by atoms with van der Waals surface area (Å²) in [7, 11) is 0. The van der Waals surface area contributed by atoms with E-state index < -0.39 is 11.6 Å². The maximum atomic E-state index is 15.0. The van der Waals surface area contributed by atoms with Gasteiger partial charge in [-0.3, -0.25) is 0 Å². The fraction of sp³-hybridized carbons (Fsp3) is 0.471. The zero-order valence-electron chi connectivity index (χ0n) is 22.2. The molecule has 2 saturated carbocycles. The maximum Gasteiger partial charge on any atom is 0.142 e. The van der Waals surface area contributed by atoms with Crippen LogP contribution in [0.5, 0.6) is 0 Å².